The van der Waals surface area contributed by atoms with Gasteiger partial charge in [-0.1, -0.05) is 48.5 Å². The topological polar surface area (TPSA) is 89.6 Å². The lowest BCUT2D eigenvalue weighted by Crippen LogP contribution is -2.42. The van der Waals surface area contributed by atoms with Crippen LogP contribution < -0.4 is 11.1 Å². The number of aromatic nitrogens is 1. The van der Waals surface area contributed by atoms with Gasteiger partial charge in [0.2, 0.25) is 5.91 Å². The Bertz CT molecular complexity index is 1500. The van der Waals surface area contributed by atoms with Crippen LogP contribution in [0.15, 0.2) is 78.9 Å². The zero-order chi connectivity index (χ0) is 29.5. The number of para-hydroxylation sites is 1. The number of amides is 2. The average molecular weight is 567 g/mol. The number of anilines is 1. The molecule has 1 aromatic heterocycles. The minimum Gasteiger partial charge on any atom is -0.385 e. The number of carbonyl (C=O) groups excluding carboxylic acids is 2. The van der Waals surface area contributed by atoms with Gasteiger partial charge in [-0.25, -0.2) is 0 Å². The first-order valence-corrected chi connectivity index (χ1v) is 15.0. The van der Waals surface area contributed by atoms with E-state index in [0.717, 1.165) is 56.8 Å². The molecular formula is C35H42N4O3. The maximum absolute atomic E-state index is 13.4. The number of methoxy groups -OCH3 is 1. The molecule has 3 aromatic carbocycles. The number of likely N-dealkylation sites (tertiary alicyclic amines) is 1. The lowest BCUT2D eigenvalue weighted by molar-refractivity contribution is -0.132. The number of aryl methyl sites for hydroxylation is 2. The summed E-state index contributed by atoms with van der Waals surface area (Å²) >= 11 is 0. The lowest BCUT2D eigenvalue weighted by Gasteiger charge is -2.34. The molecule has 1 fully saturated rings. The van der Waals surface area contributed by atoms with Crippen molar-refractivity contribution in [3.8, 4) is 0 Å². The molecule has 1 saturated heterocycles. The van der Waals surface area contributed by atoms with Crippen LogP contribution in [0.25, 0.3) is 10.9 Å². The van der Waals surface area contributed by atoms with Crippen LogP contribution in [0, 0.1) is 6.92 Å². The Labute approximate surface area is 248 Å². The maximum atomic E-state index is 13.4. The number of hydrogen-bond donors (Lipinski definition) is 2. The number of carbonyl (C=O) groups is 2. The van der Waals surface area contributed by atoms with Crippen molar-refractivity contribution in [3.63, 3.8) is 0 Å². The molecule has 220 valence electrons. The second kappa shape index (κ2) is 13.8. The van der Waals surface area contributed by atoms with Gasteiger partial charge in [0.1, 0.15) is 0 Å². The monoisotopic (exact) mass is 566 g/mol. The number of rotatable bonds is 11. The molecule has 7 nitrogen and oxygen atoms in total. The molecule has 4 aromatic rings. The van der Waals surface area contributed by atoms with Gasteiger partial charge in [0.15, 0.2) is 0 Å². The van der Waals surface area contributed by atoms with E-state index in [1.165, 1.54) is 22.2 Å². The Hall–Kier alpha value is -3.94. The third-order valence-corrected chi connectivity index (χ3v) is 8.35. The maximum Gasteiger partial charge on any atom is 0.255 e. The molecule has 7 heteroatoms. The van der Waals surface area contributed by atoms with E-state index in [1.54, 1.807) is 19.2 Å². The Kier molecular flexibility index (Phi) is 9.72. The van der Waals surface area contributed by atoms with Crippen molar-refractivity contribution in [2.75, 3.05) is 32.1 Å². The van der Waals surface area contributed by atoms with Crippen LogP contribution in [-0.2, 0) is 22.5 Å². The smallest absolute Gasteiger partial charge is 0.255 e. The predicted octanol–water partition coefficient (Wildman–Crippen LogP) is 5.90. The van der Waals surface area contributed by atoms with E-state index in [9.17, 15) is 9.59 Å². The van der Waals surface area contributed by atoms with Gasteiger partial charge in [-0.3, -0.25) is 9.59 Å². The number of nitrogens with zero attached hydrogens (tertiary/aromatic N) is 2. The number of nitrogens with one attached hydrogen (secondary N) is 1. The van der Waals surface area contributed by atoms with E-state index >= 15 is 0 Å². The molecule has 2 heterocycles. The summed E-state index contributed by atoms with van der Waals surface area (Å²) in [5.41, 5.74) is 12.8. The number of hydrogen-bond acceptors (Lipinski definition) is 4. The average Bonchev–Trinajstić information content (AvgIpc) is 3.30. The fourth-order valence-corrected chi connectivity index (χ4v) is 6.30. The fraction of sp³-hybridized carbons (Fsp3) is 0.371. The Morgan fingerprint density at radius 1 is 1.02 bits per heavy atom. The van der Waals surface area contributed by atoms with Gasteiger partial charge in [-0.05, 0) is 74.1 Å². The zero-order valence-electron chi connectivity index (χ0n) is 24.7. The van der Waals surface area contributed by atoms with E-state index in [1.807, 2.05) is 47.4 Å². The highest BCUT2D eigenvalue weighted by atomic mass is 16.5. The number of ether oxygens (including phenoxy) is 1. The highest BCUT2D eigenvalue weighted by Gasteiger charge is 2.29. The fourth-order valence-electron chi connectivity index (χ4n) is 6.30. The number of benzene rings is 3. The van der Waals surface area contributed by atoms with E-state index in [-0.39, 0.29) is 17.9 Å². The number of nitrogens with two attached hydrogens (primary N) is 1. The second-order valence-electron chi connectivity index (χ2n) is 11.4. The van der Waals surface area contributed by atoms with Crippen LogP contribution >= 0.6 is 0 Å². The summed E-state index contributed by atoms with van der Waals surface area (Å²) in [6, 6.07) is 25.2. The third kappa shape index (κ3) is 6.92. The molecule has 5 rings (SSSR count). The van der Waals surface area contributed by atoms with Gasteiger partial charge in [0.25, 0.3) is 5.91 Å². The van der Waals surface area contributed by atoms with Crippen molar-refractivity contribution >= 4 is 28.4 Å². The van der Waals surface area contributed by atoms with E-state index in [4.69, 9.17) is 10.5 Å². The van der Waals surface area contributed by atoms with Gasteiger partial charge in [-0.15, -0.1) is 0 Å². The third-order valence-electron chi connectivity index (χ3n) is 8.35. The summed E-state index contributed by atoms with van der Waals surface area (Å²) in [5.74, 6) is 0.280. The number of piperidine rings is 1. The quantitative estimate of drug-likeness (QED) is 0.221. The van der Waals surface area contributed by atoms with Crippen LogP contribution in [0.1, 0.15) is 58.8 Å². The Balaban J connectivity index is 1.19. The van der Waals surface area contributed by atoms with Gasteiger partial charge in [0.05, 0.1) is 0 Å². The van der Waals surface area contributed by atoms with E-state index in [2.05, 4.69) is 41.1 Å². The normalized spacial score (nSPS) is 16.0. The highest BCUT2D eigenvalue weighted by molar-refractivity contribution is 6.04. The molecule has 1 aliphatic heterocycles. The van der Waals surface area contributed by atoms with Gasteiger partial charge in [-0.2, -0.15) is 0 Å². The van der Waals surface area contributed by atoms with Crippen molar-refractivity contribution in [3.05, 3.63) is 101 Å². The van der Waals surface area contributed by atoms with Crippen molar-refractivity contribution in [2.45, 2.75) is 57.5 Å². The lowest BCUT2D eigenvalue weighted by atomic mass is 9.91. The molecular weight excluding hydrogens is 524 g/mol. The molecule has 2 unspecified atom stereocenters. The van der Waals surface area contributed by atoms with E-state index in [0.29, 0.717) is 24.3 Å². The van der Waals surface area contributed by atoms with Crippen LogP contribution in [0.3, 0.4) is 0 Å². The van der Waals surface area contributed by atoms with Crippen molar-refractivity contribution in [1.29, 1.82) is 0 Å². The molecule has 0 bridgehead atoms. The van der Waals surface area contributed by atoms with Crippen LogP contribution in [-0.4, -0.2) is 54.1 Å². The molecule has 42 heavy (non-hydrogen) atoms. The second-order valence-corrected chi connectivity index (χ2v) is 11.4. The summed E-state index contributed by atoms with van der Waals surface area (Å²) in [6.07, 6.45) is 3.93. The van der Waals surface area contributed by atoms with Crippen molar-refractivity contribution < 1.29 is 14.3 Å². The van der Waals surface area contributed by atoms with Crippen molar-refractivity contribution in [1.82, 2.24) is 9.47 Å². The minimum atomic E-state index is -0.273. The van der Waals surface area contributed by atoms with Crippen molar-refractivity contribution in [2.24, 2.45) is 5.73 Å². The predicted molar refractivity (Wildman–Crippen MR) is 169 cm³/mol. The first kappa shape index (κ1) is 29.5. The largest absolute Gasteiger partial charge is 0.385 e. The standard InChI is InChI=1S/C35H42N4O3/c1-25-31-13-6-7-14-32(31)39(20-9-21-42-2)34(25)28-12-8-19-38(24-28)33(40)23-29(36)22-26-15-17-30(18-16-26)37-35(41)27-10-4-3-5-11-27/h3-7,10-11,13-18,28-29H,8-9,12,19-24,36H2,1-2H3,(H,37,41). The van der Waals surface area contributed by atoms with Crippen LogP contribution in [0.2, 0.25) is 0 Å². The molecule has 0 radical (unpaired) electrons. The highest BCUT2D eigenvalue weighted by Crippen LogP contribution is 2.36. The van der Waals surface area contributed by atoms with Gasteiger partial charge >= 0.3 is 0 Å². The summed E-state index contributed by atoms with van der Waals surface area (Å²) in [6.45, 7) is 5.36. The summed E-state index contributed by atoms with van der Waals surface area (Å²) in [4.78, 5) is 27.9. The Morgan fingerprint density at radius 2 is 1.76 bits per heavy atom. The molecule has 0 spiro atoms. The Morgan fingerprint density at radius 3 is 2.52 bits per heavy atom. The summed E-state index contributed by atoms with van der Waals surface area (Å²) < 4.78 is 7.80. The number of fused-ring (bicyclic) bond motifs is 1. The van der Waals surface area contributed by atoms with Crippen LogP contribution in [0.5, 0.6) is 0 Å². The zero-order valence-corrected chi connectivity index (χ0v) is 24.7. The molecule has 3 N–H and O–H groups in total. The van der Waals surface area contributed by atoms with E-state index < -0.39 is 0 Å². The van der Waals surface area contributed by atoms with Gasteiger partial charge < -0.3 is 25.3 Å². The molecule has 2 amide bonds. The molecule has 0 saturated carbocycles. The SMILES string of the molecule is COCCCn1c(C2CCCN(C(=O)CC(N)Cc3ccc(NC(=O)c4ccccc4)cc3)C2)c(C)c2ccccc21. The van der Waals surface area contributed by atoms with Crippen LogP contribution in [0.4, 0.5) is 5.69 Å². The first-order valence-electron chi connectivity index (χ1n) is 15.0. The summed E-state index contributed by atoms with van der Waals surface area (Å²) in [5, 5.41) is 4.22. The minimum absolute atomic E-state index is 0.124. The molecule has 2 atom stereocenters. The first-order chi connectivity index (χ1) is 20.4. The van der Waals surface area contributed by atoms with Gasteiger partial charge in [0, 0.05) is 79.6 Å². The molecule has 0 aliphatic carbocycles. The molecule has 1 aliphatic rings. The summed E-state index contributed by atoms with van der Waals surface area (Å²) in [7, 11) is 1.75.